The number of piperidine rings is 1. The van der Waals surface area contributed by atoms with Gasteiger partial charge in [-0.15, -0.1) is 0 Å². The zero-order valence-corrected chi connectivity index (χ0v) is 17.6. The van der Waals surface area contributed by atoms with Crippen LogP contribution in [0, 0.1) is 5.92 Å². The summed E-state index contributed by atoms with van der Waals surface area (Å²) in [6.07, 6.45) is 9.70. The van der Waals surface area contributed by atoms with Crippen molar-refractivity contribution in [3.05, 3.63) is 28.4 Å². The van der Waals surface area contributed by atoms with E-state index < -0.39 is 0 Å². The van der Waals surface area contributed by atoms with E-state index in [1.165, 1.54) is 77.8 Å². The SMILES string of the molecule is CC(C)(C)c1cc(=O)n(CC2CCN(CCN3CCCCCC3)CC2)cn1. The highest BCUT2D eigenvalue weighted by Crippen LogP contribution is 2.20. The molecule has 152 valence electrons. The van der Waals surface area contributed by atoms with Crippen molar-refractivity contribution in [2.24, 2.45) is 5.92 Å². The molecule has 1 aromatic heterocycles. The first-order valence-corrected chi connectivity index (χ1v) is 10.9. The maximum absolute atomic E-state index is 12.4. The van der Waals surface area contributed by atoms with E-state index in [9.17, 15) is 4.79 Å². The molecule has 0 atom stereocenters. The first-order chi connectivity index (χ1) is 12.9. The molecule has 2 aliphatic heterocycles. The molecule has 1 aromatic rings. The smallest absolute Gasteiger partial charge is 0.253 e. The van der Waals surface area contributed by atoms with Crippen LogP contribution in [0.4, 0.5) is 0 Å². The van der Waals surface area contributed by atoms with Crippen LogP contribution in [0.15, 0.2) is 17.2 Å². The number of nitrogens with zero attached hydrogens (tertiary/aromatic N) is 4. The van der Waals surface area contributed by atoms with E-state index in [0.717, 1.165) is 12.2 Å². The summed E-state index contributed by atoms with van der Waals surface area (Å²) in [7, 11) is 0. The van der Waals surface area contributed by atoms with Gasteiger partial charge >= 0.3 is 0 Å². The Bertz CT molecular complexity index is 632. The molecule has 3 rings (SSSR count). The minimum Gasteiger partial charge on any atom is -0.302 e. The van der Waals surface area contributed by atoms with Crippen molar-refractivity contribution in [3.8, 4) is 0 Å². The molecule has 0 bridgehead atoms. The molecule has 5 nitrogen and oxygen atoms in total. The predicted molar refractivity (Wildman–Crippen MR) is 111 cm³/mol. The van der Waals surface area contributed by atoms with E-state index in [-0.39, 0.29) is 11.0 Å². The quantitative estimate of drug-likeness (QED) is 0.794. The molecule has 0 amide bonds. The summed E-state index contributed by atoms with van der Waals surface area (Å²) in [5.41, 5.74) is 0.905. The molecule has 0 saturated carbocycles. The second kappa shape index (κ2) is 9.33. The van der Waals surface area contributed by atoms with Crippen LogP contribution in [0.1, 0.15) is 65.0 Å². The maximum atomic E-state index is 12.4. The van der Waals surface area contributed by atoms with Crippen molar-refractivity contribution in [2.45, 2.75) is 71.3 Å². The monoisotopic (exact) mass is 374 g/mol. The summed E-state index contributed by atoms with van der Waals surface area (Å²) < 4.78 is 1.81. The normalized spacial score (nSPS) is 21.3. The summed E-state index contributed by atoms with van der Waals surface area (Å²) in [6, 6.07) is 1.72. The Morgan fingerprint density at radius 1 is 0.963 bits per heavy atom. The highest BCUT2D eigenvalue weighted by Gasteiger charge is 2.21. The van der Waals surface area contributed by atoms with Crippen molar-refractivity contribution in [1.82, 2.24) is 19.4 Å². The van der Waals surface area contributed by atoms with Crippen molar-refractivity contribution in [3.63, 3.8) is 0 Å². The van der Waals surface area contributed by atoms with Crippen LogP contribution < -0.4 is 5.56 Å². The van der Waals surface area contributed by atoms with E-state index in [2.05, 4.69) is 35.6 Å². The Hall–Kier alpha value is -1.20. The molecule has 3 heterocycles. The van der Waals surface area contributed by atoms with Crippen molar-refractivity contribution < 1.29 is 0 Å². The van der Waals surface area contributed by atoms with Crippen LogP contribution in [0.25, 0.3) is 0 Å². The van der Waals surface area contributed by atoms with Gasteiger partial charge in [-0.2, -0.15) is 0 Å². The molecule has 0 aliphatic carbocycles. The Labute approximate surface area is 164 Å². The van der Waals surface area contributed by atoms with Crippen LogP contribution >= 0.6 is 0 Å². The van der Waals surface area contributed by atoms with Gasteiger partial charge in [-0.1, -0.05) is 33.6 Å². The lowest BCUT2D eigenvalue weighted by Gasteiger charge is -2.33. The van der Waals surface area contributed by atoms with Gasteiger partial charge in [0.15, 0.2) is 0 Å². The van der Waals surface area contributed by atoms with Gasteiger partial charge in [-0.05, 0) is 57.8 Å². The first-order valence-electron chi connectivity index (χ1n) is 10.9. The van der Waals surface area contributed by atoms with Gasteiger partial charge < -0.3 is 9.80 Å². The van der Waals surface area contributed by atoms with E-state index >= 15 is 0 Å². The van der Waals surface area contributed by atoms with Crippen LogP contribution in [0.3, 0.4) is 0 Å². The lowest BCUT2D eigenvalue weighted by Crippen LogP contribution is -2.41. The zero-order valence-electron chi connectivity index (χ0n) is 17.6. The molecule has 27 heavy (non-hydrogen) atoms. The molecule has 5 heteroatoms. The van der Waals surface area contributed by atoms with Gasteiger partial charge in [0.25, 0.3) is 5.56 Å². The molecule has 0 N–H and O–H groups in total. The fourth-order valence-corrected chi connectivity index (χ4v) is 4.29. The molecule has 0 spiro atoms. The fraction of sp³-hybridized carbons (Fsp3) is 0.818. The molecular weight excluding hydrogens is 336 g/mol. The van der Waals surface area contributed by atoms with Gasteiger partial charge in [-0.25, -0.2) is 4.98 Å². The summed E-state index contributed by atoms with van der Waals surface area (Å²) >= 11 is 0. The Kier molecular flexibility index (Phi) is 7.10. The third-order valence-corrected chi connectivity index (χ3v) is 6.24. The first kappa shape index (κ1) is 20.5. The zero-order chi connectivity index (χ0) is 19.3. The van der Waals surface area contributed by atoms with E-state index in [1.54, 1.807) is 12.4 Å². The summed E-state index contributed by atoms with van der Waals surface area (Å²) in [5.74, 6) is 0.597. The number of hydrogen-bond acceptors (Lipinski definition) is 4. The second-order valence-corrected chi connectivity index (χ2v) is 9.56. The van der Waals surface area contributed by atoms with E-state index in [4.69, 9.17) is 0 Å². The van der Waals surface area contributed by atoms with Crippen molar-refractivity contribution in [1.29, 1.82) is 0 Å². The topological polar surface area (TPSA) is 41.4 Å². The molecular formula is C22H38N4O. The molecule has 2 aliphatic rings. The standard InChI is InChI=1S/C22H38N4O/c1-22(2,3)20-16-21(27)26(18-23-20)17-19-8-12-25(13-9-19)15-14-24-10-6-4-5-7-11-24/h16,18-19H,4-15,17H2,1-3H3. The highest BCUT2D eigenvalue weighted by molar-refractivity contribution is 5.10. The number of likely N-dealkylation sites (tertiary alicyclic amines) is 2. The number of aromatic nitrogens is 2. The highest BCUT2D eigenvalue weighted by atomic mass is 16.1. The van der Waals surface area contributed by atoms with Gasteiger partial charge in [0.2, 0.25) is 0 Å². The molecule has 0 radical (unpaired) electrons. The molecule has 0 unspecified atom stereocenters. The third-order valence-electron chi connectivity index (χ3n) is 6.24. The van der Waals surface area contributed by atoms with Crippen LogP contribution in [0.2, 0.25) is 0 Å². The largest absolute Gasteiger partial charge is 0.302 e. The number of rotatable bonds is 5. The lowest BCUT2D eigenvalue weighted by molar-refractivity contribution is 0.149. The Morgan fingerprint density at radius 2 is 1.56 bits per heavy atom. The van der Waals surface area contributed by atoms with Crippen LogP contribution in [0.5, 0.6) is 0 Å². The average molecular weight is 375 g/mol. The maximum Gasteiger partial charge on any atom is 0.253 e. The van der Waals surface area contributed by atoms with Gasteiger partial charge in [0.1, 0.15) is 0 Å². The van der Waals surface area contributed by atoms with Gasteiger partial charge in [0.05, 0.1) is 12.0 Å². The average Bonchev–Trinajstić information content (AvgIpc) is 2.91. The molecule has 2 fully saturated rings. The Balaban J connectivity index is 1.43. The van der Waals surface area contributed by atoms with Crippen molar-refractivity contribution >= 4 is 0 Å². The van der Waals surface area contributed by atoms with Gasteiger partial charge in [-0.3, -0.25) is 9.36 Å². The summed E-state index contributed by atoms with van der Waals surface area (Å²) in [6.45, 7) is 14.4. The molecule has 0 aromatic carbocycles. The lowest BCUT2D eigenvalue weighted by atomic mass is 9.92. The predicted octanol–water partition coefficient (Wildman–Crippen LogP) is 3.13. The summed E-state index contributed by atoms with van der Waals surface area (Å²) in [4.78, 5) is 22.2. The van der Waals surface area contributed by atoms with E-state index in [1.807, 2.05) is 4.57 Å². The minimum absolute atomic E-state index is 0.0725. The summed E-state index contributed by atoms with van der Waals surface area (Å²) in [5, 5.41) is 0. The minimum atomic E-state index is -0.0725. The van der Waals surface area contributed by atoms with E-state index in [0.29, 0.717) is 5.92 Å². The Morgan fingerprint density at radius 3 is 2.11 bits per heavy atom. The van der Waals surface area contributed by atoms with Crippen LogP contribution in [-0.4, -0.2) is 58.6 Å². The van der Waals surface area contributed by atoms with Gasteiger partial charge in [0, 0.05) is 31.1 Å². The second-order valence-electron chi connectivity index (χ2n) is 9.56. The van der Waals surface area contributed by atoms with Crippen LogP contribution in [-0.2, 0) is 12.0 Å². The fourth-order valence-electron chi connectivity index (χ4n) is 4.29. The third kappa shape index (κ3) is 6.15. The number of hydrogen-bond donors (Lipinski definition) is 0. The van der Waals surface area contributed by atoms with Crippen molar-refractivity contribution in [2.75, 3.05) is 39.3 Å². The molecule has 2 saturated heterocycles.